The second-order valence-electron chi connectivity index (χ2n) is 2.83. The number of carbonyl (C=O) groups is 2. The van der Waals surface area contributed by atoms with Gasteiger partial charge in [0, 0.05) is 13.6 Å². The van der Waals surface area contributed by atoms with Gasteiger partial charge in [0.2, 0.25) is 5.91 Å². The van der Waals surface area contributed by atoms with Crippen molar-refractivity contribution in [1.82, 2.24) is 4.90 Å². The first kappa shape index (κ1) is 12.4. The van der Waals surface area contributed by atoms with Crippen molar-refractivity contribution in [1.29, 1.82) is 0 Å². The number of nitrogens with zero attached hydrogens (tertiary/aromatic N) is 1. The maximum atomic E-state index is 11.1. The van der Waals surface area contributed by atoms with Gasteiger partial charge in [-0.3, -0.25) is 9.59 Å². The predicted molar refractivity (Wildman–Crippen MR) is 52.6 cm³/mol. The van der Waals surface area contributed by atoms with Gasteiger partial charge in [-0.15, -0.1) is 0 Å². The normalized spacial score (nSPS) is 12.0. The number of amides is 1. The minimum Gasteiger partial charge on any atom is -0.469 e. The maximum absolute atomic E-state index is 11.1. The molecule has 0 aromatic carbocycles. The van der Waals surface area contributed by atoms with Crippen LogP contribution in [-0.2, 0) is 14.3 Å². The Morgan fingerprint density at radius 1 is 1.54 bits per heavy atom. The Morgan fingerprint density at radius 3 is 2.46 bits per heavy atom. The number of ether oxygens (including phenoxy) is 1. The molecule has 5 heteroatoms. The van der Waals surface area contributed by atoms with Crippen LogP contribution in [0.3, 0.4) is 0 Å². The molecule has 0 saturated carbocycles. The molecule has 0 rings (SSSR count). The summed E-state index contributed by atoms with van der Waals surface area (Å²) in [6.45, 7) is 2.11. The molecule has 0 N–H and O–H groups in total. The molecular formula is C8H14BrNO3. The fourth-order valence-corrected chi connectivity index (χ4v) is 1.32. The molecule has 1 unspecified atom stereocenters. The third-order valence-corrected chi connectivity index (χ3v) is 2.17. The van der Waals surface area contributed by atoms with Crippen molar-refractivity contribution in [3.05, 3.63) is 0 Å². The molecule has 13 heavy (non-hydrogen) atoms. The Bertz CT molecular complexity index is 176. The average Bonchev–Trinajstić information content (AvgIpc) is 2.14. The third kappa shape index (κ3) is 4.26. The zero-order valence-corrected chi connectivity index (χ0v) is 9.63. The molecular weight excluding hydrogens is 238 g/mol. The first-order valence-corrected chi connectivity index (χ1v) is 5.02. The maximum Gasteiger partial charge on any atom is 0.310 e. The molecule has 0 aromatic heterocycles. The van der Waals surface area contributed by atoms with Crippen LogP contribution in [0.4, 0.5) is 0 Å². The summed E-state index contributed by atoms with van der Waals surface area (Å²) in [6.07, 6.45) is 0. The first-order valence-electron chi connectivity index (χ1n) is 3.90. The van der Waals surface area contributed by atoms with E-state index in [1.165, 1.54) is 12.0 Å². The van der Waals surface area contributed by atoms with Crippen molar-refractivity contribution >= 4 is 27.8 Å². The largest absolute Gasteiger partial charge is 0.469 e. The lowest BCUT2D eigenvalue weighted by molar-refractivity contribution is -0.145. The topological polar surface area (TPSA) is 46.6 Å². The fourth-order valence-electron chi connectivity index (χ4n) is 0.890. The third-order valence-electron chi connectivity index (χ3n) is 1.69. The highest BCUT2D eigenvalue weighted by molar-refractivity contribution is 9.09. The van der Waals surface area contributed by atoms with Crippen LogP contribution < -0.4 is 0 Å². The quantitative estimate of drug-likeness (QED) is 0.545. The molecule has 4 nitrogen and oxygen atoms in total. The van der Waals surface area contributed by atoms with E-state index in [0.717, 1.165) is 0 Å². The molecule has 0 aliphatic rings. The Morgan fingerprint density at radius 2 is 2.08 bits per heavy atom. The van der Waals surface area contributed by atoms with Gasteiger partial charge in [-0.1, -0.05) is 22.9 Å². The standard InChI is InChI=1S/C8H14BrNO3/c1-6(8(12)13-3)5-10(2)7(11)4-9/h6H,4-5H2,1-3H3. The number of alkyl halides is 1. The minimum atomic E-state index is -0.297. The highest BCUT2D eigenvalue weighted by atomic mass is 79.9. The highest BCUT2D eigenvalue weighted by Gasteiger charge is 2.17. The molecule has 76 valence electrons. The van der Waals surface area contributed by atoms with E-state index in [1.54, 1.807) is 14.0 Å². The van der Waals surface area contributed by atoms with Crippen LogP contribution in [0.2, 0.25) is 0 Å². The minimum absolute atomic E-state index is 0.0456. The van der Waals surface area contributed by atoms with Gasteiger partial charge >= 0.3 is 5.97 Å². The van der Waals surface area contributed by atoms with Crippen LogP contribution in [0, 0.1) is 5.92 Å². The molecule has 1 atom stereocenters. The van der Waals surface area contributed by atoms with Crippen molar-refractivity contribution in [2.75, 3.05) is 26.0 Å². The van der Waals surface area contributed by atoms with Crippen LogP contribution >= 0.6 is 15.9 Å². The lowest BCUT2D eigenvalue weighted by Gasteiger charge is -2.19. The summed E-state index contributed by atoms with van der Waals surface area (Å²) in [4.78, 5) is 23.6. The lowest BCUT2D eigenvalue weighted by atomic mass is 10.2. The number of hydrogen-bond donors (Lipinski definition) is 0. The molecule has 0 aliphatic carbocycles. The Labute approximate surface area is 86.4 Å². The van der Waals surface area contributed by atoms with Crippen molar-refractivity contribution in [3.63, 3.8) is 0 Å². The van der Waals surface area contributed by atoms with E-state index in [4.69, 9.17) is 0 Å². The summed E-state index contributed by atoms with van der Waals surface area (Å²) >= 11 is 3.05. The molecule has 0 radical (unpaired) electrons. The molecule has 1 amide bonds. The fraction of sp³-hybridized carbons (Fsp3) is 0.750. The van der Waals surface area contributed by atoms with Gasteiger partial charge in [-0.05, 0) is 0 Å². The van der Waals surface area contributed by atoms with Gasteiger partial charge in [-0.2, -0.15) is 0 Å². The van der Waals surface area contributed by atoms with Crippen molar-refractivity contribution in [2.24, 2.45) is 5.92 Å². The highest BCUT2D eigenvalue weighted by Crippen LogP contribution is 2.01. The number of hydrogen-bond acceptors (Lipinski definition) is 3. The summed E-state index contributed by atoms with van der Waals surface area (Å²) in [5, 5.41) is 0.275. The van der Waals surface area contributed by atoms with Crippen LogP contribution in [0.25, 0.3) is 0 Å². The van der Waals surface area contributed by atoms with Gasteiger partial charge in [0.05, 0.1) is 18.4 Å². The zero-order valence-electron chi connectivity index (χ0n) is 8.04. The van der Waals surface area contributed by atoms with E-state index in [-0.39, 0.29) is 23.1 Å². The van der Waals surface area contributed by atoms with Crippen LogP contribution in [0.1, 0.15) is 6.92 Å². The molecule has 0 saturated heterocycles. The molecule has 0 spiro atoms. The second-order valence-corrected chi connectivity index (χ2v) is 3.39. The molecule has 0 bridgehead atoms. The van der Waals surface area contributed by atoms with Crippen LogP contribution in [-0.4, -0.2) is 42.8 Å². The lowest BCUT2D eigenvalue weighted by Crippen LogP contribution is -2.34. The summed E-state index contributed by atoms with van der Waals surface area (Å²) in [7, 11) is 2.99. The van der Waals surface area contributed by atoms with Crippen molar-refractivity contribution in [3.8, 4) is 0 Å². The van der Waals surface area contributed by atoms with Crippen molar-refractivity contribution in [2.45, 2.75) is 6.92 Å². The van der Waals surface area contributed by atoms with E-state index >= 15 is 0 Å². The van der Waals surface area contributed by atoms with Gasteiger partial charge in [0.1, 0.15) is 0 Å². The number of methoxy groups -OCH3 is 1. The molecule has 0 heterocycles. The van der Waals surface area contributed by atoms with E-state index in [2.05, 4.69) is 20.7 Å². The predicted octanol–water partition coefficient (Wildman–Crippen LogP) is 0.649. The Kier molecular flexibility index (Phi) is 5.70. The zero-order chi connectivity index (χ0) is 10.4. The van der Waals surface area contributed by atoms with Gasteiger partial charge in [-0.25, -0.2) is 0 Å². The van der Waals surface area contributed by atoms with Crippen molar-refractivity contribution < 1.29 is 14.3 Å². The summed E-state index contributed by atoms with van der Waals surface area (Å²) in [5.74, 6) is -0.622. The SMILES string of the molecule is COC(=O)C(C)CN(C)C(=O)CBr. The summed E-state index contributed by atoms with van der Waals surface area (Å²) in [5.41, 5.74) is 0. The number of carbonyl (C=O) groups excluding carboxylic acids is 2. The second kappa shape index (κ2) is 5.96. The average molecular weight is 252 g/mol. The Hall–Kier alpha value is -0.580. The van der Waals surface area contributed by atoms with E-state index in [1.807, 2.05) is 0 Å². The summed E-state index contributed by atoms with van der Waals surface area (Å²) < 4.78 is 4.54. The van der Waals surface area contributed by atoms with Gasteiger partial charge in [0.15, 0.2) is 0 Å². The van der Waals surface area contributed by atoms with E-state index in [0.29, 0.717) is 6.54 Å². The number of halogens is 1. The van der Waals surface area contributed by atoms with Gasteiger partial charge in [0.25, 0.3) is 0 Å². The van der Waals surface area contributed by atoms with Crippen LogP contribution in [0.5, 0.6) is 0 Å². The summed E-state index contributed by atoms with van der Waals surface area (Å²) in [6, 6.07) is 0. The van der Waals surface area contributed by atoms with E-state index < -0.39 is 0 Å². The first-order chi connectivity index (χ1) is 6.02. The Balaban J connectivity index is 3.98. The molecule has 0 aliphatic heterocycles. The molecule has 0 fully saturated rings. The van der Waals surface area contributed by atoms with Crippen LogP contribution in [0.15, 0.2) is 0 Å². The number of rotatable bonds is 4. The molecule has 0 aromatic rings. The monoisotopic (exact) mass is 251 g/mol. The smallest absolute Gasteiger partial charge is 0.310 e. The van der Waals surface area contributed by atoms with Gasteiger partial charge < -0.3 is 9.64 Å². The number of esters is 1. The van der Waals surface area contributed by atoms with E-state index in [9.17, 15) is 9.59 Å².